The van der Waals surface area contributed by atoms with Gasteiger partial charge in [-0.2, -0.15) is 11.8 Å². The minimum atomic E-state index is -0.139. The third-order valence-corrected chi connectivity index (χ3v) is 4.86. The van der Waals surface area contributed by atoms with E-state index in [0.29, 0.717) is 6.42 Å². The molecule has 3 N–H and O–H groups in total. The number of carbonyl (C=O) groups excluding carboxylic acids is 1. The molecule has 1 saturated carbocycles. The van der Waals surface area contributed by atoms with Crippen LogP contribution in [0.2, 0.25) is 0 Å². The van der Waals surface area contributed by atoms with Gasteiger partial charge >= 0.3 is 5.97 Å². The number of aliphatic hydroxyl groups is 1. The minimum Gasteiger partial charge on any atom is -0.469 e. The SMILES string of the molecule is COC(=O)CC1(CSC(CO)C(C)N)CC1. The number of ether oxygens (including phenoxy) is 1. The van der Waals surface area contributed by atoms with E-state index in [9.17, 15) is 4.79 Å². The Morgan fingerprint density at radius 1 is 1.62 bits per heavy atom. The van der Waals surface area contributed by atoms with E-state index in [1.54, 1.807) is 11.8 Å². The number of esters is 1. The number of carbonyl (C=O) groups is 1. The summed E-state index contributed by atoms with van der Waals surface area (Å²) >= 11 is 1.67. The Bertz CT molecular complexity index is 241. The van der Waals surface area contributed by atoms with E-state index in [1.165, 1.54) is 7.11 Å². The zero-order chi connectivity index (χ0) is 12.2. The van der Waals surface area contributed by atoms with Gasteiger partial charge in [-0.1, -0.05) is 0 Å². The van der Waals surface area contributed by atoms with E-state index in [0.717, 1.165) is 18.6 Å². The van der Waals surface area contributed by atoms with Crippen LogP contribution >= 0.6 is 11.8 Å². The first kappa shape index (κ1) is 13.8. The van der Waals surface area contributed by atoms with E-state index in [-0.39, 0.29) is 29.3 Å². The second-order valence-electron chi connectivity index (χ2n) is 4.64. The van der Waals surface area contributed by atoms with Crippen LogP contribution in [-0.4, -0.2) is 41.8 Å². The topological polar surface area (TPSA) is 72.5 Å². The highest BCUT2D eigenvalue weighted by atomic mass is 32.2. The van der Waals surface area contributed by atoms with Crippen LogP contribution in [0.15, 0.2) is 0 Å². The Kier molecular flexibility index (Phi) is 5.08. The molecule has 0 aliphatic heterocycles. The Morgan fingerprint density at radius 3 is 2.62 bits per heavy atom. The second-order valence-corrected chi connectivity index (χ2v) is 5.87. The molecule has 5 heteroatoms. The van der Waals surface area contributed by atoms with Gasteiger partial charge in [0.25, 0.3) is 0 Å². The smallest absolute Gasteiger partial charge is 0.306 e. The van der Waals surface area contributed by atoms with Crippen LogP contribution in [0.3, 0.4) is 0 Å². The predicted octanol–water partition coefficient (Wildman–Crippen LogP) is 0.771. The minimum absolute atomic E-state index is 0.0241. The molecule has 0 aromatic heterocycles. The van der Waals surface area contributed by atoms with Gasteiger partial charge in [0.1, 0.15) is 0 Å². The predicted molar refractivity (Wildman–Crippen MR) is 65.3 cm³/mol. The van der Waals surface area contributed by atoms with Crippen LogP contribution in [0, 0.1) is 5.41 Å². The summed E-state index contributed by atoms with van der Waals surface area (Å²) in [5, 5.41) is 9.21. The molecule has 0 bridgehead atoms. The summed E-state index contributed by atoms with van der Waals surface area (Å²) in [7, 11) is 1.42. The zero-order valence-electron chi connectivity index (χ0n) is 9.94. The first-order valence-electron chi connectivity index (χ1n) is 5.58. The van der Waals surface area contributed by atoms with Gasteiger partial charge in [-0.05, 0) is 30.9 Å². The van der Waals surface area contributed by atoms with Crippen molar-refractivity contribution in [2.45, 2.75) is 37.5 Å². The average molecular weight is 247 g/mol. The van der Waals surface area contributed by atoms with Crippen molar-refractivity contribution < 1.29 is 14.6 Å². The summed E-state index contributed by atoms with van der Waals surface area (Å²) in [5.41, 5.74) is 5.86. The fourth-order valence-corrected chi connectivity index (χ4v) is 2.95. The van der Waals surface area contributed by atoms with Crippen molar-refractivity contribution in [3.8, 4) is 0 Å². The van der Waals surface area contributed by atoms with Crippen LogP contribution < -0.4 is 5.73 Å². The summed E-state index contributed by atoms with van der Waals surface area (Å²) in [5.74, 6) is 0.744. The van der Waals surface area contributed by atoms with Crippen molar-refractivity contribution in [2.24, 2.45) is 11.1 Å². The van der Waals surface area contributed by atoms with E-state index in [2.05, 4.69) is 4.74 Å². The van der Waals surface area contributed by atoms with Crippen molar-refractivity contribution in [1.82, 2.24) is 0 Å². The van der Waals surface area contributed by atoms with Crippen molar-refractivity contribution in [3.05, 3.63) is 0 Å². The maximum Gasteiger partial charge on any atom is 0.306 e. The van der Waals surface area contributed by atoms with Gasteiger partial charge in [0.05, 0.1) is 20.1 Å². The number of nitrogens with two attached hydrogens (primary N) is 1. The zero-order valence-corrected chi connectivity index (χ0v) is 10.8. The third-order valence-electron chi connectivity index (χ3n) is 3.07. The summed E-state index contributed by atoms with van der Waals surface area (Å²) in [6, 6.07) is -0.0241. The van der Waals surface area contributed by atoms with Gasteiger partial charge in [0, 0.05) is 11.3 Å². The summed E-state index contributed by atoms with van der Waals surface area (Å²) in [6.07, 6.45) is 2.64. The van der Waals surface area contributed by atoms with Crippen LogP contribution in [0.1, 0.15) is 26.2 Å². The van der Waals surface area contributed by atoms with Gasteiger partial charge in [0.15, 0.2) is 0 Å². The van der Waals surface area contributed by atoms with Gasteiger partial charge in [-0.15, -0.1) is 0 Å². The molecular weight excluding hydrogens is 226 g/mol. The lowest BCUT2D eigenvalue weighted by atomic mass is 10.1. The quantitative estimate of drug-likeness (QED) is 0.650. The van der Waals surface area contributed by atoms with Gasteiger partial charge in [0.2, 0.25) is 0 Å². The molecule has 4 nitrogen and oxygen atoms in total. The normalized spacial score (nSPS) is 21.2. The lowest BCUT2D eigenvalue weighted by Gasteiger charge is -2.21. The van der Waals surface area contributed by atoms with E-state index in [1.807, 2.05) is 6.92 Å². The van der Waals surface area contributed by atoms with E-state index < -0.39 is 0 Å². The standard InChI is InChI=1S/C11H21NO3S/c1-8(12)9(6-13)16-7-11(3-4-11)5-10(14)15-2/h8-9,13H,3-7,12H2,1-2H3. The Balaban J connectivity index is 2.33. The maximum atomic E-state index is 11.2. The first-order valence-corrected chi connectivity index (χ1v) is 6.63. The molecule has 2 atom stereocenters. The molecule has 0 heterocycles. The summed E-state index contributed by atoms with van der Waals surface area (Å²) < 4.78 is 4.68. The maximum absolute atomic E-state index is 11.2. The molecule has 16 heavy (non-hydrogen) atoms. The highest BCUT2D eigenvalue weighted by Crippen LogP contribution is 2.51. The van der Waals surface area contributed by atoms with Gasteiger partial charge in [-0.3, -0.25) is 4.79 Å². The van der Waals surface area contributed by atoms with Crippen molar-refractivity contribution in [2.75, 3.05) is 19.5 Å². The molecule has 2 unspecified atom stereocenters. The number of hydrogen-bond acceptors (Lipinski definition) is 5. The van der Waals surface area contributed by atoms with E-state index in [4.69, 9.17) is 10.8 Å². The van der Waals surface area contributed by atoms with Crippen LogP contribution in [0.25, 0.3) is 0 Å². The Labute approximate surface area is 101 Å². The lowest BCUT2D eigenvalue weighted by Crippen LogP contribution is -2.33. The summed E-state index contributed by atoms with van der Waals surface area (Å²) in [6.45, 7) is 1.99. The molecule has 1 fully saturated rings. The second kappa shape index (κ2) is 5.89. The third kappa shape index (κ3) is 3.96. The fourth-order valence-electron chi connectivity index (χ4n) is 1.58. The first-order chi connectivity index (χ1) is 7.53. The average Bonchev–Trinajstić information content (AvgIpc) is 2.98. The number of aliphatic hydroxyl groups excluding tert-OH is 1. The van der Waals surface area contributed by atoms with Crippen LogP contribution in [-0.2, 0) is 9.53 Å². The molecule has 0 spiro atoms. The van der Waals surface area contributed by atoms with Crippen molar-refractivity contribution in [1.29, 1.82) is 0 Å². The van der Waals surface area contributed by atoms with Crippen LogP contribution in [0.5, 0.6) is 0 Å². The molecule has 94 valence electrons. The number of hydrogen-bond donors (Lipinski definition) is 2. The molecule has 1 rings (SSSR count). The molecule has 0 aromatic carbocycles. The highest BCUT2D eigenvalue weighted by molar-refractivity contribution is 8.00. The molecular formula is C11H21NO3S. The Morgan fingerprint density at radius 2 is 2.25 bits per heavy atom. The Hall–Kier alpha value is -0.260. The molecule has 0 aromatic rings. The van der Waals surface area contributed by atoms with Gasteiger partial charge in [-0.25, -0.2) is 0 Å². The van der Waals surface area contributed by atoms with Crippen molar-refractivity contribution >= 4 is 17.7 Å². The lowest BCUT2D eigenvalue weighted by molar-refractivity contribution is -0.141. The fraction of sp³-hybridized carbons (Fsp3) is 0.909. The number of methoxy groups -OCH3 is 1. The van der Waals surface area contributed by atoms with Crippen molar-refractivity contribution in [3.63, 3.8) is 0 Å². The number of thioether (sulfide) groups is 1. The van der Waals surface area contributed by atoms with Gasteiger partial charge < -0.3 is 15.6 Å². The monoisotopic (exact) mass is 247 g/mol. The molecule has 1 aliphatic rings. The molecule has 1 aliphatic carbocycles. The van der Waals surface area contributed by atoms with E-state index >= 15 is 0 Å². The molecule has 0 amide bonds. The highest BCUT2D eigenvalue weighted by Gasteiger charge is 2.45. The number of rotatable bonds is 7. The molecule has 0 radical (unpaired) electrons. The molecule has 0 saturated heterocycles. The summed E-state index contributed by atoms with van der Waals surface area (Å²) in [4.78, 5) is 11.2. The van der Waals surface area contributed by atoms with Crippen LogP contribution in [0.4, 0.5) is 0 Å². The largest absolute Gasteiger partial charge is 0.469 e.